The molecule has 0 amide bonds. The number of ether oxygens (including phenoxy) is 1. The van der Waals surface area contributed by atoms with Crippen LogP contribution < -0.4 is 0 Å². The van der Waals surface area contributed by atoms with Gasteiger partial charge in [-0.2, -0.15) is 0 Å². The zero-order valence-corrected chi connectivity index (χ0v) is 11.5. The van der Waals surface area contributed by atoms with Crippen LogP contribution in [0.2, 0.25) is 0 Å². The predicted molar refractivity (Wildman–Crippen MR) is 68.9 cm³/mol. The first-order valence-electron chi connectivity index (χ1n) is 7.32. The van der Waals surface area contributed by atoms with Crippen LogP contribution in [0.3, 0.4) is 0 Å². The molecule has 3 rings (SSSR count). The Balaban J connectivity index is 1.82. The van der Waals surface area contributed by atoms with E-state index in [1.54, 1.807) is 4.68 Å². The molecule has 1 aliphatic heterocycles. The fourth-order valence-electron chi connectivity index (χ4n) is 3.29. The molecule has 0 spiro atoms. The number of aliphatic carboxylic acids is 1. The van der Waals surface area contributed by atoms with Gasteiger partial charge in [0.05, 0.1) is 12.0 Å². The molecule has 20 heavy (non-hydrogen) atoms. The highest BCUT2D eigenvalue weighted by Crippen LogP contribution is 2.39. The van der Waals surface area contributed by atoms with Gasteiger partial charge in [-0.15, -0.1) is 5.10 Å². The molecule has 7 heteroatoms. The Bertz CT molecular complexity index is 476. The van der Waals surface area contributed by atoms with Crippen LogP contribution in [-0.2, 0) is 16.1 Å². The molecule has 1 atom stereocenters. The van der Waals surface area contributed by atoms with E-state index in [1.165, 1.54) is 0 Å². The van der Waals surface area contributed by atoms with Crippen molar-refractivity contribution < 1.29 is 14.6 Å². The van der Waals surface area contributed by atoms with E-state index in [0.717, 1.165) is 38.7 Å². The second kappa shape index (κ2) is 5.47. The van der Waals surface area contributed by atoms with Crippen molar-refractivity contribution in [2.75, 3.05) is 6.61 Å². The van der Waals surface area contributed by atoms with E-state index in [-0.39, 0.29) is 6.10 Å². The van der Waals surface area contributed by atoms with Crippen LogP contribution in [0.15, 0.2) is 0 Å². The smallest absolute Gasteiger partial charge is 0.311 e. The summed E-state index contributed by atoms with van der Waals surface area (Å²) in [5.41, 5.74) is -0.721. The predicted octanol–water partition coefficient (Wildman–Crippen LogP) is 1.56. The van der Waals surface area contributed by atoms with Gasteiger partial charge in [-0.05, 0) is 36.1 Å². The van der Waals surface area contributed by atoms with E-state index in [4.69, 9.17) is 4.74 Å². The number of hydrogen-bond acceptors (Lipinski definition) is 5. The molecule has 0 bridgehead atoms. The fourth-order valence-corrected chi connectivity index (χ4v) is 3.29. The van der Waals surface area contributed by atoms with Gasteiger partial charge in [0, 0.05) is 6.61 Å². The van der Waals surface area contributed by atoms with Gasteiger partial charge >= 0.3 is 5.97 Å². The zero-order valence-electron chi connectivity index (χ0n) is 11.5. The minimum atomic E-state index is -0.731. The van der Waals surface area contributed by atoms with E-state index < -0.39 is 11.4 Å². The molecule has 2 fully saturated rings. The Morgan fingerprint density at radius 1 is 1.35 bits per heavy atom. The number of hydrogen-bond donors (Lipinski definition) is 1. The molecule has 0 radical (unpaired) electrons. The van der Waals surface area contributed by atoms with Gasteiger partial charge in [-0.1, -0.05) is 19.3 Å². The number of aromatic nitrogens is 4. The van der Waals surface area contributed by atoms with Crippen LogP contribution in [0.25, 0.3) is 0 Å². The molecule has 2 heterocycles. The third-order valence-electron chi connectivity index (χ3n) is 4.49. The summed E-state index contributed by atoms with van der Waals surface area (Å²) in [5.74, 6) is -0.0558. The van der Waals surface area contributed by atoms with Gasteiger partial charge in [-0.25, -0.2) is 4.68 Å². The second-order valence-electron chi connectivity index (χ2n) is 5.84. The van der Waals surface area contributed by atoms with E-state index in [0.29, 0.717) is 25.2 Å². The molecule has 2 aliphatic rings. The lowest BCUT2D eigenvalue weighted by atomic mass is 9.74. The lowest BCUT2D eigenvalue weighted by Crippen LogP contribution is -2.38. The van der Waals surface area contributed by atoms with Crippen molar-refractivity contribution in [2.45, 2.75) is 57.6 Å². The van der Waals surface area contributed by atoms with Gasteiger partial charge in [0.2, 0.25) is 0 Å². The summed E-state index contributed by atoms with van der Waals surface area (Å²) >= 11 is 0. The van der Waals surface area contributed by atoms with E-state index in [1.807, 2.05) is 0 Å². The van der Waals surface area contributed by atoms with Crippen LogP contribution in [0.5, 0.6) is 0 Å². The van der Waals surface area contributed by atoms with Gasteiger partial charge < -0.3 is 9.84 Å². The molecular weight excluding hydrogens is 260 g/mol. The highest BCUT2D eigenvalue weighted by Gasteiger charge is 2.41. The zero-order chi connectivity index (χ0) is 14.0. The molecule has 1 saturated carbocycles. The lowest BCUT2D eigenvalue weighted by Gasteiger charge is -2.33. The molecule has 1 N–H and O–H groups in total. The number of carboxylic acid groups (broad SMARTS) is 1. The molecular formula is C13H20N4O3. The summed E-state index contributed by atoms with van der Waals surface area (Å²) in [5, 5.41) is 21.4. The summed E-state index contributed by atoms with van der Waals surface area (Å²) in [6, 6.07) is 0. The SMILES string of the molecule is O=C(O)C1(Cn2nnnc2C2CCCO2)CCCCC1. The fraction of sp³-hybridized carbons (Fsp3) is 0.846. The van der Waals surface area contributed by atoms with Crippen molar-refractivity contribution in [2.24, 2.45) is 5.41 Å². The summed E-state index contributed by atoms with van der Waals surface area (Å²) < 4.78 is 7.26. The van der Waals surface area contributed by atoms with Crippen molar-refractivity contribution in [1.82, 2.24) is 20.2 Å². The summed E-state index contributed by atoms with van der Waals surface area (Å²) in [6.45, 7) is 1.08. The monoisotopic (exact) mass is 280 g/mol. The van der Waals surface area contributed by atoms with E-state index >= 15 is 0 Å². The standard InChI is InChI=1S/C13H20N4O3/c18-12(19)13(6-2-1-3-7-13)9-17-11(14-15-16-17)10-5-4-8-20-10/h10H,1-9H2,(H,18,19). The number of rotatable bonds is 4. The first-order valence-corrected chi connectivity index (χ1v) is 7.32. The van der Waals surface area contributed by atoms with Crippen molar-refractivity contribution >= 4 is 5.97 Å². The molecule has 1 aromatic heterocycles. The van der Waals surface area contributed by atoms with Crippen LogP contribution >= 0.6 is 0 Å². The minimum Gasteiger partial charge on any atom is -0.481 e. The second-order valence-corrected chi connectivity index (χ2v) is 5.84. The van der Waals surface area contributed by atoms with Crippen LogP contribution in [-0.4, -0.2) is 37.9 Å². The Labute approximate surface area is 117 Å². The topological polar surface area (TPSA) is 90.1 Å². The molecule has 1 unspecified atom stereocenters. The Morgan fingerprint density at radius 3 is 2.80 bits per heavy atom. The normalized spacial score (nSPS) is 25.7. The van der Waals surface area contributed by atoms with Gasteiger partial charge in [0.15, 0.2) is 5.82 Å². The third-order valence-corrected chi connectivity index (χ3v) is 4.49. The molecule has 1 aromatic rings. The minimum absolute atomic E-state index is 0.0839. The van der Waals surface area contributed by atoms with Gasteiger partial charge in [0.1, 0.15) is 6.10 Å². The lowest BCUT2D eigenvalue weighted by molar-refractivity contribution is -0.152. The maximum Gasteiger partial charge on any atom is 0.311 e. The quantitative estimate of drug-likeness (QED) is 0.900. The maximum atomic E-state index is 11.7. The molecule has 7 nitrogen and oxygen atoms in total. The first-order chi connectivity index (χ1) is 9.71. The van der Waals surface area contributed by atoms with E-state index in [2.05, 4.69) is 15.5 Å². The van der Waals surface area contributed by atoms with Crippen LogP contribution in [0, 0.1) is 5.41 Å². The van der Waals surface area contributed by atoms with Crippen LogP contribution in [0.4, 0.5) is 0 Å². The number of nitrogens with zero attached hydrogens (tertiary/aromatic N) is 4. The Hall–Kier alpha value is -1.50. The third kappa shape index (κ3) is 2.42. The summed E-state index contributed by atoms with van der Waals surface area (Å²) in [6.07, 6.45) is 6.26. The average Bonchev–Trinajstić information content (AvgIpc) is 3.10. The Kier molecular flexibility index (Phi) is 3.69. The number of carbonyl (C=O) groups is 1. The van der Waals surface area contributed by atoms with Crippen molar-refractivity contribution in [1.29, 1.82) is 0 Å². The van der Waals surface area contributed by atoms with Crippen molar-refractivity contribution in [3.63, 3.8) is 0 Å². The Morgan fingerprint density at radius 2 is 2.15 bits per heavy atom. The average molecular weight is 280 g/mol. The number of carboxylic acids is 1. The maximum absolute atomic E-state index is 11.7. The van der Waals surface area contributed by atoms with E-state index in [9.17, 15) is 9.90 Å². The van der Waals surface area contributed by atoms with Crippen molar-refractivity contribution in [3.05, 3.63) is 5.82 Å². The van der Waals surface area contributed by atoms with Gasteiger partial charge in [-0.3, -0.25) is 4.79 Å². The summed E-state index contributed by atoms with van der Waals surface area (Å²) in [7, 11) is 0. The highest BCUT2D eigenvalue weighted by atomic mass is 16.5. The first kappa shape index (κ1) is 13.5. The summed E-state index contributed by atoms with van der Waals surface area (Å²) in [4.78, 5) is 11.7. The van der Waals surface area contributed by atoms with Crippen molar-refractivity contribution in [3.8, 4) is 0 Å². The number of tetrazole rings is 1. The van der Waals surface area contributed by atoms with Crippen LogP contribution in [0.1, 0.15) is 56.9 Å². The molecule has 110 valence electrons. The molecule has 1 aliphatic carbocycles. The highest BCUT2D eigenvalue weighted by molar-refractivity contribution is 5.74. The largest absolute Gasteiger partial charge is 0.481 e. The molecule has 1 saturated heterocycles. The van der Waals surface area contributed by atoms with Gasteiger partial charge in [0.25, 0.3) is 0 Å². The molecule has 0 aromatic carbocycles.